The molecular formula is C18H18ClNO5. The summed E-state index contributed by atoms with van der Waals surface area (Å²) in [6, 6.07) is 11.0. The highest BCUT2D eigenvalue weighted by Crippen LogP contribution is 2.24. The van der Waals surface area contributed by atoms with Gasteiger partial charge in [0.05, 0.1) is 13.2 Å². The monoisotopic (exact) mass is 363 g/mol. The average Bonchev–Trinajstić information content (AvgIpc) is 2.60. The summed E-state index contributed by atoms with van der Waals surface area (Å²) < 4.78 is 9.86. The SMILES string of the molecule is COc1ccc(C(=O)OCC(=O)NC(C)c2ccc(Cl)cc2)c(O)c1. The summed E-state index contributed by atoms with van der Waals surface area (Å²) in [6.45, 7) is 1.35. The van der Waals surface area contributed by atoms with Crippen LogP contribution in [-0.2, 0) is 9.53 Å². The predicted octanol–water partition coefficient (Wildman–Crippen LogP) is 3.09. The van der Waals surface area contributed by atoms with Crippen LogP contribution in [0.25, 0.3) is 0 Å². The number of carbonyl (C=O) groups excluding carboxylic acids is 2. The zero-order valence-corrected chi connectivity index (χ0v) is 14.5. The number of hydrogen-bond acceptors (Lipinski definition) is 5. The maximum absolute atomic E-state index is 11.9. The molecule has 0 aliphatic carbocycles. The number of phenols is 1. The molecule has 0 fully saturated rings. The van der Waals surface area contributed by atoms with Gasteiger partial charge < -0.3 is 19.9 Å². The van der Waals surface area contributed by atoms with E-state index in [4.69, 9.17) is 21.1 Å². The van der Waals surface area contributed by atoms with Crippen LogP contribution in [0, 0.1) is 0 Å². The molecular weight excluding hydrogens is 346 g/mol. The number of hydrogen-bond donors (Lipinski definition) is 2. The third kappa shape index (κ3) is 5.12. The Hall–Kier alpha value is -2.73. The zero-order chi connectivity index (χ0) is 18.4. The number of methoxy groups -OCH3 is 1. The van der Waals surface area contributed by atoms with E-state index in [-0.39, 0.29) is 17.4 Å². The number of esters is 1. The van der Waals surface area contributed by atoms with E-state index in [0.29, 0.717) is 10.8 Å². The van der Waals surface area contributed by atoms with Crippen molar-refractivity contribution in [1.29, 1.82) is 0 Å². The number of ether oxygens (including phenoxy) is 2. The van der Waals surface area contributed by atoms with E-state index < -0.39 is 18.5 Å². The van der Waals surface area contributed by atoms with Crippen LogP contribution in [0.1, 0.15) is 28.9 Å². The lowest BCUT2D eigenvalue weighted by atomic mass is 10.1. The molecule has 1 amide bonds. The van der Waals surface area contributed by atoms with E-state index in [9.17, 15) is 14.7 Å². The number of nitrogens with one attached hydrogen (secondary N) is 1. The first kappa shape index (κ1) is 18.6. The molecule has 2 aromatic carbocycles. The number of carbonyl (C=O) groups is 2. The van der Waals surface area contributed by atoms with Crippen LogP contribution in [0.4, 0.5) is 0 Å². The lowest BCUT2D eigenvalue weighted by Gasteiger charge is -2.14. The summed E-state index contributed by atoms with van der Waals surface area (Å²) in [7, 11) is 1.44. The van der Waals surface area contributed by atoms with Crippen molar-refractivity contribution in [3.8, 4) is 11.5 Å². The van der Waals surface area contributed by atoms with Crippen molar-refractivity contribution in [3.63, 3.8) is 0 Å². The summed E-state index contributed by atoms with van der Waals surface area (Å²) in [6.07, 6.45) is 0. The largest absolute Gasteiger partial charge is 0.507 e. The fraction of sp³-hybridized carbons (Fsp3) is 0.222. The molecule has 7 heteroatoms. The highest BCUT2D eigenvalue weighted by atomic mass is 35.5. The van der Waals surface area contributed by atoms with E-state index in [0.717, 1.165) is 5.56 Å². The molecule has 0 bridgehead atoms. The van der Waals surface area contributed by atoms with Gasteiger partial charge in [0.1, 0.15) is 17.1 Å². The van der Waals surface area contributed by atoms with Gasteiger partial charge in [-0.25, -0.2) is 4.79 Å². The minimum absolute atomic E-state index is 0.0423. The van der Waals surface area contributed by atoms with E-state index in [2.05, 4.69) is 5.32 Å². The maximum Gasteiger partial charge on any atom is 0.342 e. The average molecular weight is 364 g/mol. The van der Waals surface area contributed by atoms with Crippen LogP contribution < -0.4 is 10.1 Å². The van der Waals surface area contributed by atoms with Gasteiger partial charge >= 0.3 is 5.97 Å². The highest BCUT2D eigenvalue weighted by Gasteiger charge is 2.16. The number of rotatable bonds is 6. The second kappa shape index (κ2) is 8.39. The third-order valence-corrected chi connectivity index (χ3v) is 3.76. The second-order valence-electron chi connectivity index (χ2n) is 5.30. The molecule has 132 valence electrons. The molecule has 0 aromatic heterocycles. The van der Waals surface area contributed by atoms with E-state index in [1.807, 2.05) is 0 Å². The van der Waals surface area contributed by atoms with Crippen LogP contribution in [0.5, 0.6) is 11.5 Å². The Kier molecular flexibility index (Phi) is 6.25. The predicted molar refractivity (Wildman–Crippen MR) is 93.0 cm³/mol. The highest BCUT2D eigenvalue weighted by molar-refractivity contribution is 6.30. The molecule has 0 aliphatic heterocycles. The van der Waals surface area contributed by atoms with Gasteiger partial charge in [-0.3, -0.25) is 4.79 Å². The Morgan fingerprint density at radius 1 is 1.20 bits per heavy atom. The zero-order valence-electron chi connectivity index (χ0n) is 13.8. The van der Waals surface area contributed by atoms with Gasteiger partial charge in [-0.1, -0.05) is 23.7 Å². The molecule has 0 aliphatic rings. The number of aromatic hydroxyl groups is 1. The second-order valence-corrected chi connectivity index (χ2v) is 5.74. The van der Waals surface area contributed by atoms with Crippen LogP contribution >= 0.6 is 11.6 Å². The molecule has 0 heterocycles. The maximum atomic E-state index is 11.9. The first-order chi connectivity index (χ1) is 11.9. The fourth-order valence-corrected chi connectivity index (χ4v) is 2.26. The Bertz CT molecular complexity index is 761. The van der Waals surface area contributed by atoms with Gasteiger partial charge in [-0.2, -0.15) is 0 Å². The summed E-state index contributed by atoms with van der Waals surface area (Å²) in [4.78, 5) is 23.9. The van der Waals surface area contributed by atoms with Gasteiger partial charge in [0.2, 0.25) is 0 Å². The molecule has 0 radical (unpaired) electrons. The molecule has 6 nitrogen and oxygen atoms in total. The lowest BCUT2D eigenvalue weighted by Crippen LogP contribution is -2.31. The Morgan fingerprint density at radius 2 is 1.88 bits per heavy atom. The topological polar surface area (TPSA) is 84.9 Å². The van der Waals surface area contributed by atoms with Crippen LogP contribution in [0.3, 0.4) is 0 Å². The Morgan fingerprint density at radius 3 is 2.48 bits per heavy atom. The summed E-state index contributed by atoms with van der Waals surface area (Å²) in [5.74, 6) is -1.12. The Balaban J connectivity index is 1.89. The van der Waals surface area contributed by atoms with Crippen molar-refractivity contribution in [3.05, 3.63) is 58.6 Å². The fourth-order valence-electron chi connectivity index (χ4n) is 2.14. The summed E-state index contributed by atoms with van der Waals surface area (Å²) >= 11 is 5.82. The molecule has 25 heavy (non-hydrogen) atoms. The summed E-state index contributed by atoms with van der Waals surface area (Å²) in [5, 5.41) is 13.1. The normalized spacial score (nSPS) is 11.5. The van der Waals surface area contributed by atoms with Crippen molar-refractivity contribution < 1.29 is 24.2 Å². The molecule has 0 saturated heterocycles. The molecule has 2 aromatic rings. The standard InChI is InChI=1S/C18H18ClNO5/c1-11(12-3-5-13(19)6-4-12)20-17(22)10-25-18(23)15-8-7-14(24-2)9-16(15)21/h3-9,11,21H,10H2,1-2H3,(H,20,22). The smallest absolute Gasteiger partial charge is 0.342 e. The van der Waals surface area contributed by atoms with Crippen molar-refractivity contribution in [2.24, 2.45) is 0 Å². The van der Waals surface area contributed by atoms with E-state index in [1.54, 1.807) is 31.2 Å². The molecule has 2 N–H and O–H groups in total. The quantitative estimate of drug-likeness (QED) is 0.770. The minimum Gasteiger partial charge on any atom is -0.507 e. The molecule has 0 spiro atoms. The van der Waals surface area contributed by atoms with Crippen molar-refractivity contribution in [2.75, 3.05) is 13.7 Å². The van der Waals surface area contributed by atoms with E-state index >= 15 is 0 Å². The van der Waals surface area contributed by atoms with Crippen LogP contribution in [0.2, 0.25) is 5.02 Å². The molecule has 1 atom stereocenters. The third-order valence-electron chi connectivity index (χ3n) is 3.51. The Labute approximate surface area is 150 Å². The van der Waals surface area contributed by atoms with Crippen molar-refractivity contribution >= 4 is 23.5 Å². The van der Waals surface area contributed by atoms with Gasteiger partial charge in [0, 0.05) is 11.1 Å². The molecule has 2 rings (SSSR count). The van der Waals surface area contributed by atoms with Gasteiger partial charge in [0.25, 0.3) is 5.91 Å². The number of phenolic OH excluding ortho intramolecular Hbond substituents is 1. The minimum atomic E-state index is -0.797. The first-order valence-corrected chi connectivity index (χ1v) is 7.87. The lowest BCUT2D eigenvalue weighted by molar-refractivity contribution is -0.124. The van der Waals surface area contributed by atoms with Crippen molar-refractivity contribution in [2.45, 2.75) is 13.0 Å². The summed E-state index contributed by atoms with van der Waals surface area (Å²) in [5.41, 5.74) is 0.830. The van der Waals surface area contributed by atoms with Crippen LogP contribution in [-0.4, -0.2) is 30.7 Å². The molecule has 1 unspecified atom stereocenters. The van der Waals surface area contributed by atoms with Gasteiger partial charge in [0.15, 0.2) is 6.61 Å². The number of amides is 1. The van der Waals surface area contributed by atoms with Gasteiger partial charge in [-0.05, 0) is 36.8 Å². The number of benzene rings is 2. The first-order valence-electron chi connectivity index (χ1n) is 7.49. The van der Waals surface area contributed by atoms with E-state index in [1.165, 1.54) is 25.3 Å². The van der Waals surface area contributed by atoms with Crippen molar-refractivity contribution in [1.82, 2.24) is 5.32 Å². The molecule has 0 saturated carbocycles. The van der Waals surface area contributed by atoms with Crippen LogP contribution in [0.15, 0.2) is 42.5 Å². The number of halogens is 1. The van der Waals surface area contributed by atoms with Gasteiger partial charge in [-0.15, -0.1) is 0 Å².